The lowest BCUT2D eigenvalue weighted by atomic mass is 10.2. The first-order chi connectivity index (χ1) is 10.3. The molecule has 1 rings (SSSR count). The molecule has 2 amide bonds. The minimum Gasteiger partial charge on any atom is -0.457 e. The van der Waals surface area contributed by atoms with Gasteiger partial charge in [0.15, 0.2) is 0 Å². The maximum atomic E-state index is 12.1. The molecule has 0 radical (unpaired) electrons. The summed E-state index contributed by atoms with van der Waals surface area (Å²) in [6, 6.07) is 5.81. The number of hydrogen-bond donors (Lipinski definition) is 2. The van der Waals surface area contributed by atoms with Crippen LogP contribution in [0.4, 0.5) is 4.79 Å². The quantitative estimate of drug-likeness (QED) is 0.617. The van der Waals surface area contributed by atoms with E-state index in [-0.39, 0.29) is 5.92 Å². The molecule has 120 valence electrons. The van der Waals surface area contributed by atoms with Crippen LogP contribution in [0.3, 0.4) is 0 Å². The van der Waals surface area contributed by atoms with Gasteiger partial charge < -0.3 is 15.8 Å². The summed E-state index contributed by atoms with van der Waals surface area (Å²) >= 11 is 0.838. The normalized spacial score (nSPS) is 11.8. The first-order valence-electron chi connectivity index (χ1n) is 6.85. The molecule has 3 N–H and O–H groups in total. The molecule has 1 aromatic rings. The molecule has 22 heavy (non-hydrogen) atoms. The maximum Gasteiger partial charge on any atom is 0.372 e. The first-order valence-corrected chi connectivity index (χ1v) is 7.66. The van der Waals surface area contributed by atoms with E-state index in [2.05, 4.69) is 5.32 Å². The lowest BCUT2D eigenvalue weighted by Crippen LogP contribution is -2.42. The summed E-state index contributed by atoms with van der Waals surface area (Å²) in [5, 5.41) is 2.01. The molecular formula is C15H20N2O4S. The highest BCUT2D eigenvalue weighted by Crippen LogP contribution is 2.24. The SMILES string of the molecule is CC(C)COC(=O)Sc1ccccc1C(=O)N[C@@H](C)C(N)=O. The number of benzene rings is 1. The second kappa shape index (κ2) is 8.43. The Labute approximate surface area is 133 Å². The fourth-order valence-electron chi connectivity index (χ4n) is 1.44. The summed E-state index contributed by atoms with van der Waals surface area (Å²) in [6.07, 6.45) is 0. The third-order valence-corrected chi connectivity index (χ3v) is 3.49. The van der Waals surface area contributed by atoms with E-state index < -0.39 is 23.2 Å². The van der Waals surface area contributed by atoms with Crippen LogP contribution < -0.4 is 11.1 Å². The first kappa shape index (κ1) is 18.0. The Morgan fingerprint density at radius 2 is 1.86 bits per heavy atom. The van der Waals surface area contributed by atoms with Crippen molar-refractivity contribution in [1.29, 1.82) is 0 Å². The summed E-state index contributed by atoms with van der Waals surface area (Å²) in [5.74, 6) is -0.861. The maximum absolute atomic E-state index is 12.1. The number of carbonyl (C=O) groups excluding carboxylic acids is 3. The van der Waals surface area contributed by atoms with Gasteiger partial charge in [0.05, 0.1) is 12.2 Å². The van der Waals surface area contributed by atoms with E-state index in [1.54, 1.807) is 24.3 Å². The van der Waals surface area contributed by atoms with E-state index in [1.807, 2.05) is 13.8 Å². The zero-order valence-electron chi connectivity index (χ0n) is 12.8. The number of rotatable bonds is 6. The fourth-order valence-corrected chi connectivity index (χ4v) is 2.17. The Morgan fingerprint density at radius 3 is 2.45 bits per heavy atom. The zero-order chi connectivity index (χ0) is 16.7. The molecule has 1 aromatic carbocycles. The van der Waals surface area contributed by atoms with Crippen molar-refractivity contribution in [3.05, 3.63) is 29.8 Å². The van der Waals surface area contributed by atoms with Crippen LogP contribution in [-0.2, 0) is 9.53 Å². The number of hydrogen-bond acceptors (Lipinski definition) is 5. The second-order valence-electron chi connectivity index (χ2n) is 5.15. The number of ether oxygens (including phenoxy) is 1. The molecule has 0 saturated heterocycles. The molecule has 0 aromatic heterocycles. The highest BCUT2D eigenvalue weighted by Gasteiger charge is 2.18. The smallest absolute Gasteiger partial charge is 0.372 e. The Morgan fingerprint density at radius 1 is 1.23 bits per heavy atom. The van der Waals surface area contributed by atoms with Gasteiger partial charge in [-0.1, -0.05) is 26.0 Å². The largest absolute Gasteiger partial charge is 0.457 e. The zero-order valence-corrected chi connectivity index (χ0v) is 13.6. The van der Waals surface area contributed by atoms with E-state index in [1.165, 1.54) is 6.92 Å². The number of amides is 2. The molecule has 0 aliphatic rings. The topological polar surface area (TPSA) is 98.5 Å². The number of primary amides is 1. The van der Waals surface area contributed by atoms with Crippen molar-refractivity contribution in [2.75, 3.05) is 6.61 Å². The van der Waals surface area contributed by atoms with Crippen LogP contribution in [0, 0.1) is 5.92 Å². The van der Waals surface area contributed by atoms with Crippen LogP contribution in [-0.4, -0.2) is 29.8 Å². The molecule has 1 atom stereocenters. The van der Waals surface area contributed by atoms with Crippen molar-refractivity contribution in [2.45, 2.75) is 31.7 Å². The third-order valence-electron chi connectivity index (χ3n) is 2.63. The van der Waals surface area contributed by atoms with Crippen molar-refractivity contribution in [3.8, 4) is 0 Å². The van der Waals surface area contributed by atoms with Crippen LogP contribution in [0.2, 0.25) is 0 Å². The molecule has 0 aliphatic carbocycles. The van der Waals surface area contributed by atoms with Gasteiger partial charge in [-0.2, -0.15) is 0 Å². The summed E-state index contributed by atoms with van der Waals surface area (Å²) < 4.78 is 5.08. The summed E-state index contributed by atoms with van der Waals surface area (Å²) in [7, 11) is 0. The Bertz CT molecular complexity index is 560. The molecule has 0 saturated carbocycles. The van der Waals surface area contributed by atoms with Gasteiger partial charge in [-0.3, -0.25) is 9.59 Å². The lowest BCUT2D eigenvalue weighted by Gasteiger charge is -2.13. The van der Waals surface area contributed by atoms with Crippen molar-refractivity contribution < 1.29 is 19.1 Å². The standard InChI is InChI=1S/C15H20N2O4S/c1-9(2)8-21-15(20)22-12-7-5-4-6-11(12)14(19)17-10(3)13(16)18/h4-7,9-10H,8H2,1-3H3,(H2,16,18)(H,17,19)/t10-/m0/s1. The van der Waals surface area contributed by atoms with E-state index in [0.29, 0.717) is 17.1 Å². The molecule has 7 heteroatoms. The monoisotopic (exact) mass is 324 g/mol. The van der Waals surface area contributed by atoms with E-state index in [0.717, 1.165) is 11.8 Å². The minimum atomic E-state index is -0.793. The fraction of sp³-hybridized carbons (Fsp3) is 0.400. The summed E-state index contributed by atoms with van der Waals surface area (Å²) in [6.45, 7) is 5.68. The van der Waals surface area contributed by atoms with Crippen LogP contribution in [0.1, 0.15) is 31.1 Å². The average Bonchev–Trinajstić information content (AvgIpc) is 2.45. The van der Waals surface area contributed by atoms with Crippen molar-refractivity contribution in [3.63, 3.8) is 0 Å². The molecule has 0 fully saturated rings. The Kier molecular flexibility index (Phi) is 6.91. The second-order valence-corrected chi connectivity index (χ2v) is 6.13. The van der Waals surface area contributed by atoms with E-state index in [4.69, 9.17) is 10.5 Å². The van der Waals surface area contributed by atoms with E-state index >= 15 is 0 Å². The number of carbonyl (C=O) groups is 3. The molecule has 0 spiro atoms. The highest BCUT2D eigenvalue weighted by atomic mass is 32.2. The van der Waals surface area contributed by atoms with Crippen molar-refractivity contribution >= 4 is 28.9 Å². The molecule has 0 unspecified atom stereocenters. The Balaban J connectivity index is 2.79. The predicted molar refractivity (Wildman–Crippen MR) is 84.6 cm³/mol. The molecule has 0 heterocycles. The van der Waals surface area contributed by atoms with Crippen LogP contribution in [0.25, 0.3) is 0 Å². The third kappa shape index (κ3) is 5.77. The average molecular weight is 324 g/mol. The lowest BCUT2D eigenvalue weighted by molar-refractivity contribution is -0.119. The van der Waals surface area contributed by atoms with Gasteiger partial charge in [-0.25, -0.2) is 4.79 Å². The summed E-state index contributed by atoms with van der Waals surface area (Å²) in [5.41, 5.74) is 5.41. The van der Waals surface area contributed by atoms with Crippen LogP contribution in [0.5, 0.6) is 0 Å². The van der Waals surface area contributed by atoms with Crippen molar-refractivity contribution in [2.24, 2.45) is 11.7 Å². The van der Waals surface area contributed by atoms with Crippen LogP contribution >= 0.6 is 11.8 Å². The van der Waals surface area contributed by atoms with Gasteiger partial charge in [0.25, 0.3) is 5.91 Å². The van der Waals surface area contributed by atoms with Gasteiger partial charge in [-0.15, -0.1) is 0 Å². The van der Waals surface area contributed by atoms with Gasteiger partial charge in [0, 0.05) is 4.90 Å². The van der Waals surface area contributed by atoms with Gasteiger partial charge in [0.2, 0.25) is 5.91 Å². The molecule has 0 aliphatic heterocycles. The van der Waals surface area contributed by atoms with Gasteiger partial charge >= 0.3 is 5.30 Å². The van der Waals surface area contributed by atoms with Gasteiger partial charge in [0.1, 0.15) is 6.04 Å². The van der Waals surface area contributed by atoms with E-state index in [9.17, 15) is 14.4 Å². The number of nitrogens with one attached hydrogen (secondary N) is 1. The highest BCUT2D eigenvalue weighted by molar-refractivity contribution is 8.13. The number of nitrogens with two attached hydrogens (primary N) is 1. The predicted octanol–water partition coefficient (Wildman–Crippen LogP) is 2.17. The molecular weight excluding hydrogens is 304 g/mol. The summed E-state index contributed by atoms with van der Waals surface area (Å²) in [4.78, 5) is 35.4. The number of thioether (sulfide) groups is 1. The van der Waals surface area contributed by atoms with Crippen molar-refractivity contribution in [1.82, 2.24) is 5.32 Å². The molecule has 6 nitrogen and oxygen atoms in total. The minimum absolute atomic E-state index is 0.236. The van der Waals surface area contributed by atoms with Crippen LogP contribution in [0.15, 0.2) is 29.2 Å². The Hall–Kier alpha value is -2.02. The van der Waals surface area contributed by atoms with Gasteiger partial charge in [-0.05, 0) is 36.7 Å². The molecule has 0 bridgehead atoms.